The van der Waals surface area contributed by atoms with Gasteiger partial charge in [-0.1, -0.05) is 103 Å². The SMILES string of the molecule is CCCCCCCCCCCCN(CCO)CCCCCCCCCCOC. The van der Waals surface area contributed by atoms with E-state index < -0.39 is 0 Å². The highest BCUT2D eigenvalue weighted by Crippen LogP contribution is 2.12. The molecule has 0 saturated carbocycles. The fraction of sp³-hybridized carbons (Fsp3) is 1.00. The normalized spacial score (nSPS) is 11.6. The zero-order valence-corrected chi connectivity index (χ0v) is 19.6. The number of nitrogens with zero attached hydrogens (tertiary/aromatic N) is 1. The van der Waals surface area contributed by atoms with Crippen molar-refractivity contribution in [2.75, 3.05) is 40.0 Å². The third kappa shape index (κ3) is 22.2. The van der Waals surface area contributed by atoms with Gasteiger partial charge in [0.2, 0.25) is 0 Å². The van der Waals surface area contributed by atoms with Gasteiger partial charge in [0, 0.05) is 20.3 Å². The van der Waals surface area contributed by atoms with E-state index in [2.05, 4.69) is 11.8 Å². The number of aliphatic hydroxyl groups is 1. The van der Waals surface area contributed by atoms with E-state index in [9.17, 15) is 5.11 Å². The van der Waals surface area contributed by atoms with Gasteiger partial charge < -0.3 is 14.7 Å². The fourth-order valence-electron chi connectivity index (χ4n) is 3.94. The lowest BCUT2D eigenvalue weighted by atomic mass is 10.1. The maximum absolute atomic E-state index is 9.31. The Morgan fingerprint density at radius 3 is 1.32 bits per heavy atom. The number of hydrogen-bond acceptors (Lipinski definition) is 3. The van der Waals surface area contributed by atoms with Crippen LogP contribution in [0.1, 0.15) is 122 Å². The Bertz CT molecular complexity index is 249. The van der Waals surface area contributed by atoms with Crippen molar-refractivity contribution in [1.29, 1.82) is 0 Å². The molecule has 170 valence electrons. The molecule has 1 N–H and O–H groups in total. The van der Waals surface area contributed by atoms with Crippen LogP contribution < -0.4 is 0 Å². The molecular weight excluding hydrogens is 346 g/mol. The molecular formula is C25H53NO2. The summed E-state index contributed by atoms with van der Waals surface area (Å²) in [5.74, 6) is 0. The molecule has 28 heavy (non-hydrogen) atoms. The molecule has 0 rings (SSSR count). The van der Waals surface area contributed by atoms with Crippen LogP contribution in [0.2, 0.25) is 0 Å². The van der Waals surface area contributed by atoms with Crippen LogP contribution in [0.15, 0.2) is 0 Å². The van der Waals surface area contributed by atoms with E-state index in [1.807, 2.05) is 0 Å². The first-order valence-corrected chi connectivity index (χ1v) is 12.7. The molecule has 0 amide bonds. The summed E-state index contributed by atoms with van der Waals surface area (Å²) in [6.07, 6.45) is 24.6. The van der Waals surface area contributed by atoms with E-state index >= 15 is 0 Å². The molecule has 3 heteroatoms. The van der Waals surface area contributed by atoms with Gasteiger partial charge in [-0.2, -0.15) is 0 Å². The topological polar surface area (TPSA) is 32.7 Å². The van der Waals surface area contributed by atoms with Crippen molar-refractivity contribution < 1.29 is 9.84 Å². The van der Waals surface area contributed by atoms with Gasteiger partial charge in [-0.05, 0) is 32.4 Å². The third-order valence-corrected chi connectivity index (χ3v) is 5.82. The first-order valence-electron chi connectivity index (χ1n) is 12.7. The molecule has 0 heterocycles. The Labute approximate surface area is 177 Å². The van der Waals surface area contributed by atoms with E-state index in [-0.39, 0.29) is 0 Å². The largest absolute Gasteiger partial charge is 0.395 e. The summed E-state index contributed by atoms with van der Waals surface area (Å²) in [6, 6.07) is 0. The molecule has 0 aromatic rings. The Morgan fingerprint density at radius 2 is 0.929 bits per heavy atom. The van der Waals surface area contributed by atoms with E-state index in [1.165, 1.54) is 129 Å². The number of hydrogen-bond donors (Lipinski definition) is 1. The predicted molar refractivity (Wildman–Crippen MR) is 124 cm³/mol. The Morgan fingerprint density at radius 1 is 0.536 bits per heavy atom. The molecule has 0 radical (unpaired) electrons. The van der Waals surface area contributed by atoms with Crippen LogP contribution in [0.4, 0.5) is 0 Å². The van der Waals surface area contributed by atoms with Crippen LogP contribution in [0.25, 0.3) is 0 Å². The van der Waals surface area contributed by atoms with Crippen LogP contribution in [-0.2, 0) is 4.74 Å². The molecule has 0 atom stereocenters. The molecule has 0 aromatic heterocycles. The smallest absolute Gasteiger partial charge is 0.0558 e. The summed E-state index contributed by atoms with van der Waals surface area (Å²) in [7, 11) is 1.79. The van der Waals surface area contributed by atoms with Gasteiger partial charge in [0.05, 0.1) is 6.61 Å². The van der Waals surface area contributed by atoms with E-state index in [0.717, 1.165) is 13.2 Å². The standard InChI is InChI=1S/C25H53NO2/c1-3-4-5-6-7-8-9-12-15-18-21-26(23-24-27)22-19-16-13-10-11-14-17-20-25-28-2/h27H,3-25H2,1-2H3. The molecule has 0 spiro atoms. The summed E-state index contributed by atoms with van der Waals surface area (Å²) >= 11 is 0. The van der Waals surface area contributed by atoms with Crippen LogP contribution in [-0.4, -0.2) is 50.0 Å². The van der Waals surface area contributed by atoms with Gasteiger partial charge in [-0.3, -0.25) is 0 Å². The second-order valence-electron chi connectivity index (χ2n) is 8.57. The summed E-state index contributed by atoms with van der Waals surface area (Å²) < 4.78 is 5.09. The van der Waals surface area contributed by atoms with Crippen molar-refractivity contribution >= 4 is 0 Å². The number of rotatable bonds is 24. The Hall–Kier alpha value is -0.120. The molecule has 0 aliphatic carbocycles. The van der Waals surface area contributed by atoms with E-state index in [0.29, 0.717) is 6.61 Å². The molecule has 0 aliphatic rings. The molecule has 0 aromatic carbocycles. The first kappa shape index (κ1) is 27.9. The summed E-state index contributed by atoms with van der Waals surface area (Å²) in [5, 5.41) is 9.31. The second kappa shape index (κ2) is 24.9. The van der Waals surface area contributed by atoms with Crippen LogP contribution in [0.5, 0.6) is 0 Å². The summed E-state index contributed by atoms with van der Waals surface area (Å²) in [5.41, 5.74) is 0. The highest BCUT2D eigenvalue weighted by molar-refractivity contribution is 4.59. The van der Waals surface area contributed by atoms with Crippen molar-refractivity contribution in [3.05, 3.63) is 0 Å². The zero-order valence-electron chi connectivity index (χ0n) is 19.6. The number of ether oxygens (including phenoxy) is 1. The maximum Gasteiger partial charge on any atom is 0.0558 e. The van der Waals surface area contributed by atoms with Gasteiger partial charge in [0.15, 0.2) is 0 Å². The Kier molecular flexibility index (Phi) is 24.8. The molecule has 0 unspecified atom stereocenters. The van der Waals surface area contributed by atoms with Crippen LogP contribution in [0.3, 0.4) is 0 Å². The average Bonchev–Trinajstić information content (AvgIpc) is 2.70. The molecule has 0 aliphatic heterocycles. The van der Waals surface area contributed by atoms with Crippen molar-refractivity contribution in [2.24, 2.45) is 0 Å². The minimum atomic E-state index is 0.305. The third-order valence-electron chi connectivity index (χ3n) is 5.82. The highest BCUT2D eigenvalue weighted by Gasteiger charge is 2.04. The van der Waals surface area contributed by atoms with E-state index in [4.69, 9.17) is 4.74 Å². The minimum Gasteiger partial charge on any atom is -0.395 e. The van der Waals surface area contributed by atoms with Crippen molar-refractivity contribution in [1.82, 2.24) is 4.90 Å². The fourth-order valence-corrected chi connectivity index (χ4v) is 3.94. The first-order chi connectivity index (χ1) is 13.8. The quantitative estimate of drug-likeness (QED) is 0.178. The van der Waals surface area contributed by atoms with Gasteiger partial charge in [0.1, 0.15) is 0 Å². The van der Waals surface area contributed by atoms with Crippen molar-refractivity contribution in [3.63, 3.8) is 0 Å². The Balaban J connectivity index is 3.41. The lowest BCUT2D eigenvalue weighted by molar-refractivity contribution is 0.190. The summed E-state index contributed by atoms with van der Waals surface area (Å²) in [6.45, 7) is 6.71. The molecule has 0 fully saturated rings. The van der Waals surface area contributed by atoms with Gasteiger partial charge in [-0.25, -0.2) is 0 Å². The van der Waals surface area contributed by atoms with Crippen LogP contribution >= 0.6 is 0 Å². The highest BCUT2D eigenvalue weighted by atomic mass is 16.5. The minimum absolute atomic E-state index is 0.305. The predicted octanol–water partition coefficient (Wildman–Crippen LogP) is 6.97. The summed E-state index contributed by atoms with van der Waals surface area (Å²) in [4.78, 5) is 2.48. The van der Waals surface area contributed by atoms with E-state index in [1.54, 1.807) is 7.11 Å². The van der Waals surface area contributed by atoms with Crippen molar-refractivity contribution in [3.8, 4) is 0 Å². The lowest BCUT2D eigenvalue weighted by Gasteiger charge is -2.21. The number of unbranched alkanes of at least 4 members (excludes halogenated alkanes) is 16. The number of methoxy groups -OCH3 is 1. The maximum atomic E-state index is 9.31. The lowest BCUT2D eigenvalue weighted by Crippen LogP contribution is -2.29. The second-order valence-corrected chi connectivity index (χ2v) is 8.57. The molecule has 0 saturated heterocycles. The molecule has 3 nitrogen and oxygen atoms in total. The average molecular weight is 400 g/mol. The zero-order chi connectivity index (χ0) is 20.5. The monoisotopic (exact) mass is 399 g/mol. The van der Waals surface area contributed by atoms with Crippen molar-refractivity contribution in [2.45, 2.75) is 122 Å². The van der Waals surface area contributed by atoms with Crippen LogP contribution in [0, 0.1) is 0 Å². The number of aliphatic hydroxyl groups excluding tert-OH is 1. The van der Waals surface area contributed by atoms with Gasteiger partial charge in [0.25, 0.3) is 0 Å². The van der Waals surface area contributed by atoms with Gasteiger partial charge >= 0.3 is 0 Å². The molecule has 0 bridgehead atoms. The van der Waals surface area contributed by atoms with Gasteiger partial charge in [-0.15, -0.1) is 0 Å².